The predicted molar refractivity (Wildman–Crippen MR) is 81.8 cm³/mol. The number of rotatable bonds is 4. The molecule has 0 fully saturated rings. The van der Waals surface area contributed by atoms with Crippen LogP contribution in [0.4, 0.5) is 23.2 Å². The summed E-state index contributed by atoms with van der Waals surface area (Å²) in [5, 5.41) is 2.01. The first kappa shape index (κ1) is 18.7. The summed E-state index contributed by atoms with van der Waals surface area (Å²) in [4.78, 5) is 23.4. The van der Waals surface area contributed by atoms with E-state index in [1.54, 1.807) is 0 Å². The van der Waals surface area contributed by atoms with Crippen molar-refractivity contribution in [1.82, 2.24) is 0 Å². The fourth-order valence-electron chi connectivity index (χ4n) is 1.81. The first-order valence-corrected chi connectivity index (χ1v) is 7.14. The SMILES string of the molecule is O=C(COC(=O)c1cccc(F)c1)Nc1cc(C(F)(F)F)ccc1Cl. The van der Waals surface area contributed by atoms with Gasteiger partial charge >= 0.3 is 12.1 Å². The molecule has 0 saturated carbocycles. The van der Waals surface area contributed by atoms with Gasteiger partial charge in [-0.1, -0.05) is 17.7 Å². The molecule has 0 aromatic heterocycles. The third kappa shape index (κ3) is 5.18. The van der Waals surface area contributed by atoms with Crippen LogP contribution in [0.1, 0.15) is 15.9 Å². The van der Waals surface area contributed by atoms with Crippen molar-refractivity contribution in [2.45, 2.75) is 6.18 Å². The molecule has 0 atom stereocenters. The highest BCUT2D eigenvalue weighted by molar-refractivity contribution is 6.33. The first-order chi connectivity index (χ1) is 11.7. The Kier molecular flexibility index (Phi) is 5.63. The maximum atomic E-state index is 13.0. The summed E-state index contributed by atoms with van der Waals surface area (Å²) in [7, 11) is 0. The van der Waals surface area contributed by atoms with Crippen LogP contribution in [-0.4, -0.2) is 18.5 Å². The zero-order valence-electron chi connectivity index (χ0n) is 12.4. The molecule has 1 amide bonds. The van der Waals surface area contributed by atoms with Crippen molar-refractivity contribution in [1.29, 1.82) is 0 Å². The highest BCUT2D eigenvalue weighted by atomic mass is 35.5. The minimum atomic E-state index is -4.60. The molecule has 0 unspecified atom stereocenters. The number of nitrogens with one attached hydrogen (secondary N) is 1. The Morgan fingerprint density at radius 1 is 1.12 bits per heavy atom. The summed E-state index contributed by atoms with van der Waals surface area (Å²) in [5.41, 5.74) is -1.38. The normalized spacial score (nSPS) is 11.1. The quantitative estimate of drug-likeness (QED) is 0.640. The van der Waals surface area contributed by atoms with Crippen LogP contribution in [0.25, 0.3) is 0 Å². The van der Waals surface area contributed by atoms with E-state index in [1.807, 2.05) is 0 Å². The summed E-state index contributed by atoms with van der Waals surface area (Å²) in [6.07, 6.45) is -4.60. The Hall–Kier alpha value is -2.61. The van der Waals surface area contributed by atoms with Gasteiger partial charge in [0.1, 0.15) is 5.82 Å². The summed E-state index contributed by atoms with van der Waals surface area (Å²) < 4.78 is 55.6. The zero-order valence-corrected chi connectivity index (χ0v) is 13.1. The van der Waals surface area contributed by atoms with Crippen LogP contribution < -0.4 is 5.32 Å². The van der Waals surface area contributed by atoms with E-state index in [2.05, 4.69) is 10.1 Å². The van der Waals surface area contributed by atoms with Gasteiger partial charge in [-0.15, -0.1) is 0 Å². The molecule has 0 spiro atoms. The van der Waals surface area contributed by atoms with Crippen LogP contribution >= 0.6 is 11.6 Å². The largest absolute Gasteiger partial charge is 0.452 e. The van der Waals surface area contributed by atoms with E-state index in [0.717, 1.165) is 24.3 Å². The van der Waals surface area contributed by atoms with Crippen molar-refractivity contribution in [2.24, 2.45) is 0 Å². The van der Waals surface area contributed by atoms with Crippen LogP contribution in [0, 0.1) is 5.82 Å². The Bertz CT molecular complexity index is 808. The number of carbonyl (C=O) groups excluding carboxylic acids is 2. The average Bonchev–Trinajstić information content (AvgIpc) is 2.53. The molecule has 0 aliphatic carbocycles. The third-order valence-electron chi connectivity index (χ3n) is 2.96. The standard InChI is InChI=1S/C16H10ClF4NO3/c17-12-5-4-10(16(19,20)21)7-13(12)22-14(23)8-25-15(24)9-2-1-3-11(18)6-9/h1-7H,8H2,(H,22,23). The van der Waals surface area contributed by atoms with E-state index in [-0.39, 0.29) is 16.3 Å². The van der Waals surface area contributed by atoms with Gasteiger partial charge in [-0.3, -0.25) is 4.79 Å². The van der Waals surface area contributed by atoms with E-state index in [4.69, 9.17) is 11.6 Å². The zero-order chi connectivity index (χ0) is 18.6. The lowest BCUT2D eigenvalue weighted by atomic mass is 10.2. The molecule has 0 bridgehead atoms. The number of benzene rings is 2. The Morgan fingerprint density at radius 2 is 1.84 bits per heavy atom. The number of anilines is 1. The second kappa shape index (κ2) is 7.52. The van der Waals surface area contributed by atoms with Crippen LogP contribution in [0.15, 0.2) is 42.5 Å². The van der Waals surface area contributed by atoms with Crippen LogP contribution in [0.2, 0.25) is 5.02 Å². The fourth-order valence-corrected chi connectivity index (χ4v) is 1.98. The lowest BCUT2D eigenvalue weighted by molar-refractivity contribution is -0.137. The van der Waals surface area contributed by atoms with E-state index >= 15 is 0 Å². The molecule has 25 heavy (non-hydrogen) atoms. The maximum Gasteiger partial charge on any atom is 0.416 e. The smallest absolute Gasteiger partial charge is 0.416 e. The van der Waals surface area contributed by atoms with Gasteiger partial charge in [0.05, 0.1) is 21.8 Å². The molecular formula is C16H10ClF4NO3. The molecule has 4 nitrogen and oxygen atoms in total. The number of hydrogen-bond acceptors (Lipinski definition) is 3. The Balaban J connectivity index is 2.00. The molecule has 9 heteroatoms. The monoisotopic (exact) mass is 375 g/mol. The maximum absolute atomic E-state index is 13.0. The van der Waals surface area contributed by atoms with Gasteiger partial charge in [0, 0.05) is 0 Å². The molecule has 0 heterocycles. The van der Waals surface area contributed by atoms with Crippen molar-refractivity contribution in [3.63, 3.8) is 0 Å². The number of carbonyl (C=O) groups is 2. The highest BCUT2D eigenvalue weighted by Gasteiger charge is 2.31. The number of esters is 1. The lowest BCUT2D eigenvalue weighted by Gasteiger charge is -2.12. The molecular weight excluding hydrogens is 366 g/mol. The average molecular weight is 376 g/mol. The summed E-state index contributed by atoms with van der Waals surface area (Å²) in [6, 6.07) is 7.03. The molecule has 2 aromatic rings. The molecule has 132 valence electrons. The lowest BCUT2D eigenvalue weighted by Crippen LogP contribution is -2.21. The number of ether oxygens (including phenoxy) is 1. The Labute approximate surface area is 144 Å². The summed E-state index contributed by atoms with van der Waals surface area (Å²) >= 11 is 5.73. The van der Waals surface area contributed by atoms with Crippen molar-refractivity contribution in [3.8, 4) is 0 Å². The van der Waals surface area contributed by atoms with Crippen LogP contribution in [0.3, 0.4) is 0 Å². The second-order valence-corrected chi connectivity index (χ2v) is 5.23. The third-order valence-corrected chi connectivity index (χ3v) is 3.29. The van der Waals surface area contributed by atoms with E-state index in [0.29, 0.717) is 6.07 Å². The van der Waals surface area contributed by atoms with Gasteiger partial charge < -0.3 is 10.1 Å². The second-order valence-electron chi connectivity index (χ2n) is 4.83. The molecule has 2 rings (SSSR count). The van der Waals surface area contributed by atoms with Gasteiger partial charge in [0.25, 0.3) is 5.91 Å². The van der Waals surface area contributed by atoms with Crippen molar-refractivity contribution in [3.05, 3.63) is 64.4 Å². The van der Waals surface area contributed by atoms with Gasteiger partial charge in [0.15, 0.2) is 6.61 Å². The number of amides is 1. The molecule has 0 radical (unpaired) electrons. The van der Waals surface area contributed by atoms with Gasteiger partial charge in [-0.2, -0.15) is 13.2 Å². The summed E-state index contributed by atoms with van der Waals surface area (Å²) in [5.74, 6) is -2.51. The van der Waals surface area contributed by atoms with Gasteiger partial charge in [-0.25, -0.2) is 9.18 Å². The van der Waals surface area contributed by atoms with E-state index < -0.39 is 36.0 Å². The fraction of sp³-hybridized carbons (Fsp3) is 0.125. The Morgan fingerprint density at radius 3 is 2.48 bits per heavy atom. The molecule has 2 aromatic carbocycles. The van der Waals surface area contributed by atoms with E-state index in [9.17, 15) is 27.2 Å². The van der Waals surface area contributed by atoms with Crippen molar-refractivity contribution < 1.29 is 31.9 Å². The highest BCUT2D eigenvalue weighted by Crippen LogP contribution is 2.33. The van der Waals surface area contributed by atoms with Crippen molar-refractivity contribution >= 4 is 29.2 Å². The van der Waals surface area contributed by atoms with E-state index in [1.165, 1.54) is 12.1 Å². The minimum Gasteiger partial charge on any atom is -0.452 e. The van der Waals surface area contributed by atoms with Gasteiger partial charge in [0.2, 0.25) is 0 Å². The number of halogens is 5. The van der Waals surface area contributed by atoms with Crippen molar-refractivity contribution in [2.75, 3.05) is 11.9 Å². The first-order valence-electron chi connectivity index (χ1n) is 6.76. The van der Waals surface area contributed by atoms with Crippen LogP contribution in [-0.2, 0) is 15.7 Å². The van der Waals surface area contributed by atoms with Crippen LogP contribution in [0.5, 0.6) is 0 Å². The predicted octanol–water partition coefficient (Wildman–Crippen LogP) is 4.29. The topological polar surface area (TPSA) is 55.4 Å². The summed E-state index contributed by atoms with van der Waals surface area (Å²) in [6.45, 7) is -0.776. The van der Waals surface area contributed by atoms with Gasteiger partial charge in [-0.05, 0) is 36.4 Å². The number of hydrogen-bond donors (Lipinski definition) is 1. The number of alkyl halides is 3. The molecule has 0 aliphatic rings. The molecule has 0 saturated heterocycles. The molecule has 0 aliphatic heterocycles. The molecule has 1 N–H and O–H groups in total. The minimum absolute atomic E-state index is 0.107.